The van der Waals surface area contributed by atoms with Gasteiger partial charge in [0, 0.05) is 24.2 Å². The molecule has 0 spiro atoms. The fraction of sp³-hybridized carbons (Fsp3) is 0.913. The van der Waals surface area contributed by atoms with Crippen LogP contribution in [0.3, 0.4) is 0 Å². The molecule has 0 aliphatic heterocycles. The van der Waals surface area contributed by atoms with Gasteiger partial charge in [-0.25, -0.2) is 0 Å². The third-order valence-corrected chi connectivity index (χ3v) is 9.28. The maximum Gasteiger partial charge on any atom is 0.305 e. The molecule has 0 aromatic heterocycles. The molecule has 26 heavy (non-hydrogen) atoms. The smallest absolute Gasteiger partial charge is 0.305 e. The Kier molecular flexibility index (Phi) is 4.51. The fourth-order valence-corrected chi connectivity index (χ4v) is 7.79. The van der Waals surface area contributed by atoms with Crippen LogP contribution < -0.4 is 0 Å². The number of esters is 1. The first-order valence-electron chi connectivity index (χ1n) is 11.0. The number of hydrogen-bond donors (Lipinski definition) is 0. The molecular weight excluding hydrogens is 324 g/mol. The van der Waals surface area contributed by atoms with Gasteiger partial charge < -0.3 is 4.74 Å². The molecular formula is C23H36O3. The van der Waals surface area contributed by atoms with Gasteiger partial charge in [-0.2, -0.15) is 0 Å². The summed E-state index contributed by atoms with van der Waals surface area (Å²) >= 11 is 0. The van der Waals surface area contributed by atoms with Crippen LogP contribution in [0.15, 0.2) is 0 Å². The van der Waals surface area contributed by atoms with E-state index >= 15 is 0 Å². The molecule has 4 saturated carbocycles. The molecule has 0 radical (unpaired) electrons. The molecule has 0 saturated heterocycles. The quantitative estimate of drug-likeness (QED) is 0.638. The number of carbonyl (C=O) groups excluding carboxylic acids is 2. The normalized spacial score (nSPS) is 50.5. The molecule has 0 heterocycles. The zero-order chi connectivity index (χ0) is 18.7. The van der Waals surface area contributed by atoms with Gasteiger partial charge in [-0.15, -0.1) is 0 Å². The van der Waals surface area contributed by atoms with Gasteiger partial charge in [0.2, 0.25) is 0 Å². The summed E-state index contributed by atoms with van der Waals surface area (Å²) in [5.41, 5.74) is 0.515. The molecule has 3 nitrogen and oxygen atoms in total. The number of ketones is 1. The van der Waals surface area contributed by atoms with E-state index in [4.69, 9.17) is 4.74 Å². The first-order valence-corrected chi connectivity index (χ1v) is 11.0. The molecule has 3 unspecified atom stereocenters. The first kappa shape index (κ1) is 18.5. The third-order valence-electron chi connectivity index (χ3n) is 9.28. The summed E-state index contributed by atoms with van der Waals surface area (Å²) in [5.74, 6) is 3.53. The average Bonchev–Trinajstić information content (AvgIpc) is 2.93. The summed E-state index contributed by atoms with van der Waals surface area (Å²) in [6.07, 6.45) is 9.72. The van der Waals surface area contributed by atoms with Crippen LogP contribution in [0.4, 0.5) is 0 Å². The highest BCUT2D eigenvalue weighted by Gasteiger charge is 2.61. The van der Waals surface area contributed by atoms with Crippen LogP contribution in [0, 0.1) is 40.4 Å². The van der Waals surface area contributed by atoms with Gasteiger partial charge in [0.25, 0.3) is 0 Å². The molecule has 4 rings (SSSR count). The Morgan fingerprint density at radius 2 is 1.81 bits per heavy atom. The van der Waals surface area contributed by atoms with E-state index in [1.54, 1.807) is 0 Å². The summed E-state index contributed by atoms with van der Waals surface area (Å²) in [4.78, 5) is 24.2. The Bertz CT molecular complexity index is 598. The molecule has 8 atom stereocenters. The van der Waals surface area contributed by atoms with Crippen molar-refractivity contribution in [2.75, 3.05) is 0 Å². The van der Waals surface area contributed by atoms with Crippen molar-refractivity contribution in [2.24, 2.45) is 40.4 Å². The third kappa shape index (κ3) is 2.59. The van der Waals surface area contributed by atoms with E-state index in [1.165, 1.54) is 32.1 Å². The Hall–Kier alpha value is -0.860. The summed E-state index contributed by atoms with van der Waals surface area (Å²) in [7, 11) is 0. The minimum Gasteiger partial charge on any atom is -0.462 e. The van der Waals surface area contributed by atoms with Gasteiger partial charge in [-0.1, -0.05) is 27.7 Å². The van der Waals surface area contributed by atoms with E-state index in [9.17, 15) is 9.59 Å². The van der Waals surface area contributed by atoms with Crippen molar-refractivity contribution in [3.05, 3.63) is 0 Å². The van der Waals surface area contributed by atoms with E-state index in [2.05, 4.69) is 20.8 Å². The topological polar surface area (TPSA) is 43.4 Å². The second-order valence-corrected chi connectivity index (χ2v) is 10.4. The van der Waals surface area contributed by atoms with Gasteiger partial charge in [0.15, 0.2) is 0 Å². The summed E-state index contributed by atoms with van der Waals surface area (Å²) in [6, 6.07) is 0. The lowest BCUT2D eigenvalue weighted by Gasteiger charge is -2.60. The number of ether oxygens (including phenoxy) is 1. The summed E-state index contributed by atoms with van der Waals surface area (Å²) in [6.45, 7) is 8.94. The summed E-state index contributed by atoms with van der Waals surface area (Å²) < 4.78 is 5.89. The minimum atomic E-state index is -0.0331. The molecule has 4 aliphatic carbocycles. The molecule has 0 N–H and O–H groups in total. The predicted octanol–water partition coefficient (Wildman–Crippen LogP) is 5.17. The molecule has 4 aliphatic rings. The highest BCUT2D eigenvalue weighted by atomic mass is 16.5. The number of fused-ring (bicyclic) bond motifs is 5. The largest absolute Gasteiger partial charge is 0.462 e. The highest BCUT2D eigenvalue weighted by molar-refractivity contribution is 5.82. The lowest BCUT2D eigenvalue weighted by Crippen LogP contribution is -2.55. The number of hydrogen-bond acceptors (Lipinski definition) is 3. The van der Waals surface area contributed by atoms with Gasteiger partial charge in [-0.05, 0) is 74.0 Å². The minimum absolute atomic E-state index is 0.0331. The average molecular weight is 361 g/mol. The monoisotopic (exact) mass is 360 g/mol. The molecule has 0 bridgehead atoms. The van der Waals surface area contributed by atoms with Gasteiger partial charge in [-0.3, -0.25) is 9.59 Å². The first-order chi connectivity index (χ1) is 12.3. The van der Waals surface area contributed by atoms with Crippen molar-refractivity contribution >= 4 is 11.8 Å². The summed E-state index contributed by atoms with van der Waals surface area (Å²) in [5, 5.41) is 0. The van der Waals surface area contributed by atoms with Crippen molar-refractivity contribution in [2.45, 2.75) is 91.6 Å². The van der Waals surface area contributed by atoms with E-state index in [1.807, 2.05) is 6.92 Å². The van der Waals surface area contributed by atoms with Crippen molar-refractivity contribution < 1.29 is 14.3 Å². The maximum absolute atomic E-state index is 12.3. The second-order valence-electron chi connectivity index (χ2n) is 10.4. The molecule has 3 heteroatoms. The Morgan fingerprint density at radius 1 is 1.08 bits per heavy atom. The SMILES string of the molecule is CCC(=O)OC1CC[C@H]2[C@@H]3CCC4CC(=O)C(C)C[C@]4(C)[C@H]3CC[C@]12C. The Balaban J connectivity index is 1.57. The van der Waals surface area contributed by atoms with Crippen LogP contribution in [0.1, 0.15) is 85.5 Å². The zero-order valence-corrected chi connectivity index (χ0v) is 17.1. The lowest BCUT2D eigenvalue weighted by atomic mass is 9.44. The Labute approximate surface area is 158 Å². The fourth-order valence-electron chi connectivity index (χ4n) is 7.79. The highest BCUT2D eigenvalue weighted by Crippen LogP contribution is 2.66. The van der Waals surface area contributed by atoms with Crippen molar-refractivity contribution in [1.82, 2.24) is 0 Å². The lowest BCUT2D eigenvalue weighted by molar-refractivity contribution is -0.165. The Morgan fingerprint density at radius 3 is 2.54 bits per heavy atom. The van der Waals surface area contributed by atoms with Gasteiger partial charge in [0.05, 0.1) is 0 Å². The number of rotatable bonds is 2. The van der Waals surface area contributed by atoms with Crippen LogP contribution in [0.5, 0.6) is 0 Å². The van der Waals surface area contributed by atoms with Crippen LogP contribution in [0.2, 0.25) is 0 Å². The van der Waals surface area contributed by atoms with E-state index < -0.39 is 0 Å². The molecule has 0 amide bonds. The van der Waals surface area contributed by atoms with Crippen LogP contribution in [0.25, 0.3) is 0 Å². The molecule has 0 aromatic rings. The van der Waals surface area contributed by atoms with Crippen molar-refractivity contribution in [3.63, 3.8) is 0 Å². The zero-order valence-electron chi connectivity index (χ0n) is 17.1. The predicted molar refractivity (Wildman–Crippen MR) is 101 cm³/mol. The van der Waals surface area contributed by atoms with E-state index in [-0.39, 0.29) is 23.4 Å². The van der Waals surface area contributed by atoms with Crippen LogP contribution in [-0.2, 0) is 14.3 Å². The second kappa shape index (κ2) is 6.34. The number of Topliss-reactive ketones (excluding diaryl/α,β-unsaturated/α-hetero) is 1. The van der Waals surface area contributed by atoms with Crippen molar-refractivity contribution in [3.8, 4) is 0 Å². The van der Waals surface area contributed by atoms with Crippen LogP contribution >= 0.6 is 0 Å². The van der Waals surface area contributed by atoms with Crippen LogP contribution in [-0.4, -0.2) is 17.9 Å². The number of carbonyl (C=O) groups is 2. The van der Waals surface area contributed by atoms with E-state index in [0.717, 1.165) is 31.1 Å². The van der Waals surface area contributed by atoms with E-state index in [0.29, 0.717) is 29.5 Å². The molecule has 4 fully saturated rings. The van der Waals surface area contributed by atoms with Gasteiger partial charge in [0.1, 0.15) is 11.9 Å². The van der Waals surface area contributed by atoms with Crippen molar-refractivity contribution in [1.29, 1.82) is 0 Å². The molecule has 0 aromatic carbocycles. The standard InChI is InChI=1S/C23H36O3/c1-5-21(25)26-20-9-8-17-16-7-6-15-12-19(24)14(2)13-23(15,4)18(16)10-11-22(17,20)3/h14-18,20H,5-13H2,1-4H3/t14?,15?,16-,17-,18-,20?,22-,23-/m0/s1. The maximum atomic E-state index is 12.3. The van der Waals surface area contributed by atoms with Gasteiger partial charge >= 0.3 is 5.97 Å². The molecule has 146 valence electrons.